The van der Waals surface area contributed by atoms with Crippen LogP contribution in [-0.4, -0.2) is 9.97 Å². The molecule has 0 amide bonds. The maximum atomic E-state index is 12.1. The van der Waals surface area contributed by atoms with Crippen LogP contribution < -0.4 is 10.9 Å². The van der Waals surface area contributed by atoms with Crippen molar-refractivity contribution in [3.8, 4) is 0 Å². The van der Waals surface area contributed by atoms with Gasteiger partial charge in [0.25, 0.3) is 5.56 Å². The lowest BCUT2D eigenvalue weighted by Crippen LogP contribution is -2.23. The maximum absolute atomic E-state index is 12.1. The number of aromatic nitrogens is 2. The number of hydrogen-bond donors (Lipinski definition) is 2. The minimum Gasteiger partial charge on any atom is -0.378 e. The Balaban J connectivity index is 2.36. The summed E-state index contributed by atoms with van der Waals surface area (Å²) in [4.78, 5) is 19.2. The molecule has 0 saturated heterocycles. The first-order valence-electron chi connectivity index (χ1n) is 6.80. The van der Waals surface area contributed by atoms with Crippen LogP contribution in [0.2, 0.25) is 0 Å². The van der Waals surface area contributed by atoms with Crippen molar-refractivity contribution in [1.29, 1.82) is 0 Å². The summed E-state index contributed by atoms with van der Waals surface area (Å²) in [6, 6.07) is 6.04. The molecule has 1 heterocycles. The van der Waals surface area contributed by atoms with Crippen molar-refractivity contribution in [3.05, 3.63) is 56.8 Å². The van der Waals surface area contributed by atoms with E-state index < -0.39 is 0 Å². The first-order chi connectivity index (χ1) is 9.40. The second-order valence-corrected chi connectivity index (χ2v) is 5.26. The van der Waals surface area contributed by atoms with Crippen molar-refractivity contribution in [2.24, 2.45) is 0 Å². The summed E-state index contributed by atoms with van der Waals surface area (Å²) >= 11 is 0. The minimum atomic E-state index is -0.0904. The lowest BCUT2D eigenvalue weighted by atomic mass is 10.0. The molecule has 0 aliphatic rings. The van der Waals surface area contributed by atoms with Gasteiger partial charge in [0.1, 0.15) is 5.82 Å². The highest BCUT2D eigenvalue weighted by Gasteiger charge is 2.15. The Labute approximate surface area is 119 Å². The van der Waals surface area contributed by atoms with Gasteiger partial charge in [0.15, 0.2) is 0 Å². The van der Waals surface area contributed by atoms with E-state index in [0.29, 0.717) is 11.4 Å². The van der Waals surface area contributed by atoms with E-state index in [9.17, 15) is 4.79 Å². The molecule has 0 aliphatic carbocycles. The van der Waals surface area contributed by atoms with Gasteiger partial charge in [-0.1, -0.05) is 12.1 Å². The monoisotopic (exact) mass is 271 g/mol. The zero-order chi connectivity index (χ0) is 14.9. The number of nitrogens with one attached hydrogen (secondary N) is 2. The van der Waals surface area contributed by atoms with Crippen molar-refractivity contribution in [2.75, 3.05) is 5.32 Å². The highest BCUT2D eigenvalue weighted by Crippen LogP contribution is 2.23. The molecule has 0 bridgehead atoms. The van der Waals surface area contributed by atoms with Gasteiger partial charge in [0.05, 0.1) is 17.3 Å². The molecular formula is C16H21N3O. The predicted molar refractivity (Wildman–Crippen MR) is 82.3 cm³/mol. The Morgan fingerprint density at radius 1 is 1.20 bits per heavy atom. The van der Waals surface area contributed by atoms with E-state index in [0.717, 1.165) is 11.4 Å². The van der Waals surface area contributed by atoms with Crippen molar-refractivity contribution in [3.63, 3.8) is 0 Å². The van der Waals surface area contributed by atoms with Crippen molar-refractivity contribution in [2.45, 2.75) is 40.7 Å². The quantitative estimate of drug-likeness (QED) is 0.901. The number of aryl methyl sites for hydroxylation is 3. The Morgan fingerprint density at radius 2 is 1.90 bits per heavy atom. The zero-order valence-electron chi connectivity index (χ0n) is 12.7. The third-order valence-electron chi connectivity index (χ3n) is 3.67. The van der Waals surface area contributed by atoms with E-state index >= 15 is 0 Å². The largest absolute Gasteiger partial charge is 0.378 e. The molecule has 1 aromatic carbocycles. The molecule has 0 fully saturated rings. The zero-order valence-corrected chi connectivity index (χ0v) is 12.7. The number of H-pyrrole nitrogens is 1. The van der Waals surface area contributed by atoms with Gasteiger partial charge < -0.3 is 10.3 Å². The first kappa shape index (κ1) is 14.3. The van der Waals surface area contributed by atoms with Crippen LogP contribution in [0.15, 0.2) is 23.0 Å². The number of benzene rings is 1. The number of nitrogens with zero attached hydrogens (tertiary/aromatic N) is 1. The molecule has 0 saturated carbocycles. The van der Waals surface area contributed by atoms with Crippen LogP contribution in [-0.2, 0) is 0 Å². The van der Waals surface area contributed by atoms with Gasteiger partial charge in [-0.15, -0.1) is 0 Å². The SMILES string of the molecule is Cc1nc(C)c(C(C)Nc2cccc(C)c2C)c(=O)[nH]1. The molecule has 0 radical (unpaired) electrons. The molecule has 2 rings (SSSR count). The summed E-state index contributed by atoms with van der Waals surface area (Å²) in [5.41, 5.74) is 4.88. The molecule has 1 unspecified atom stereocenters. The lowest BCUT2D eigenvalue weighted by molar-refractivity contribution is 0.812. The van der Waals surface area contributed by atoms with Gasteiger partial charge in [-0.05, 0) is 51.8 Å². The number of anilines is 1. The summed E-state index contributed by atoms with van der Waals surface area (Å²) in [7, 11) is 0. The summed E-state index contributed by atoms with van der Waals surface area (Å²) in [5, 5.41) is 3.41. The average Bonchev–Trinajstić information content (AvgIpc) is 2.33. The molecule has 1 aromatic heterocycles. The van der Waals surface area contributed by atoms with Gasteiger partial charge in [-0.2, -0.15) is 0 Å². The summed E-state index contributed by atoms with van der Waals surface area (Å²) < 4.78 is 0. The summed E-state index contributed by atoms with van der Waals surface area (Å²) in [6.07, 6.45) is 0. The second-order valence-electron chi connectivity index (χ2n) is 5.26. The third kappa shape index (κ3) is 2.74. The van der Waals surface area contributed by atoms with Crippen LogP contribution in [0.3, 0.4) is 0 Å². The Morgan fingerprint density at radius 3 is 2.55 bits per heavy atom. The number of aromatic amines is 1. The molecular weight excluding hydrogens is 250 g/mol. The summed E-state index contributed by atoms with van der Waals surface area (Å²) in [6.45, 7) is 9.81. The predicted octanol–water partition coefficient (Wildman–Crippen LogP) is 3.18. The molecule has 1 atom stereocenters. The van der Waals surface area contributed by atoms with Crippen molar-refractivity contribution in [1.82, 2.24) is 9.97 Å². The smallest absolute Gasteiger partial charge is 0.256 e. The van der Waals surface area contributed by atoms with E-state index in [1.165, 1.54) is 11.1 Å². The molecule has 106 valence electrons. The first-order valence-corrected chi connectivity index (χ1v) is 6.80. The summed E-state index contributed by atoms with van der Waals surface area (Å²) in [5.74, 6) is 0.648. The molecule has 2 N–H and O–H groups in total. The second kappa shape index (κ2) is 5.49. The molecule has 4 heteroatoms. The van der Waals surface area contributed by atoms with Crippen LogP contribution in [0, 0.1) is 27.7 Å². The van der Waals surface area contributed by atoms with Crippen LogP contribution in [0.4, 0.5) is 5.69 Å². The molecule has 20 heavy (non-hydrogen) atoms. The van der Waals surface area contributed by atoms with Gasteiger partial charge in [-0.3, -0.25) is 4.79 Å². The van der Waals surface area contributed by atoms with E-state index in [-0.39, 0.29) is 11.6 Å². The fourth-order valence-electron chi connectivity index (χ4n) is 2.46. The topological polar surface area (TPSA) is 57.8 Å². The molecule has 0 spiro atoms. The van der Waals surface area contributed by atoms with E-state index in [2.05, 4.69) is 35.2 Å². The molecule has 4 nitrogen and oxygen atoms in total. The van der Waals surface area contributed by atoms with Gasteiger partial charge in [-0.25, -0.2) is 4.98 Å². The third-order valence-corrected chi connectivity index (χ3v) is 3.67. The van der Waals surface area contributed by atoms with Crippen LogP contribution >= 0.6 is 0 Å². The average molecular weight is 271 g/mol. The molecule has 0 aliphatic heterocycles. The fraction of sp³-hybridized carbons (Fsp3) is 0.375. The molecule has 2 aromatic rings. The number of hydrogen-bond acceptors (Lipinski definition) is 3. The Kier molecular flexibility index (Phi) is 3.93. The van der Waals surface area contributed by atoms with Crippen molar-refractivity contribution < 1.29 is 0 Å². The highest BCUT2D eigenvalue weighted by molar-refractivity contribution is 5.55. The van der Waals surface area contributed by atoms with Crippen LogP contribution in [0.1, 0.15) is 41.2 Å². The number of rotatable bonds is 3. The fourth-order valence-corrected chi connectivity index (χ4v) is 2.46. The highest BCUT2D eigenvalue weighted by atomic mass is 16.1. The van der Waals surface area contributed by atoms with Gasteiger partial charge >= 0.3 is 0 Å². The normalized spacial score (nSPS) is 12.2. The van der Waals surface area contributed by atoms with Gasteiger partial charge in [0, 0.05) is 5.69 Å². The van der Waals surface area contributed by atoms with E-state index in [1.54, 1.807) is 6.92 Å². The van der Waals surface area contributed by atoms with Crippen LogP contribution in [0.25, 0.3) is 0 Å². The maximum Gasteiger partial charge on any atom is 0.256 e. The minimum absolute atomic E-state index is 0.0692. The standard InChI is InChI=1S/C16H21N3O/c1-9-7-6-8-14(10(9)2)18-12(4)15-11(3)17-13(5)19-16(15)20/h6-8,12,18H,1-5H3,(H,17,19,20). The Bertz CT molecular complexity index is 689. The van der Waals surface area contributed by atoms with E-state index in [1.807, 2.05) is 26.0 Å². The van der Waals surface area contributed by atoms with Gasteiger partial charge in [0.2, 0.25) is 0 Å². The Hall–Kier alpha value is -2.10. The van der Waals surface area contributed by atoms with Crippen molar-refractivity contribution >= 4 is 5.69 Å². The van der Waals surface area contributed by atoms with E-state index in [4.69, 9.17) is 0 Å². The van der Waals surface area contributed by atoms with Crippen LogP contribution in [0.5, 0.6) is 0 Å². The lowest BCUT2D eigenvalue weighted by Gasteiger charge is -2.19.